The molecular weight excluding hydrogens is 262 g/mol. The van der Waals surface area contributed by atoms with Crippen LogP contribution in [0, 0.1) is 0 Å². The Hall–Kier alpha value is -2.20. The molecule has 21 heavy (non-hydrogen) atoms. The Morgan fingerprint density at radius 3 is 2.57 bits per heavy atom. The SMILES string of the molecule is OC1CCN(c2ccnc(/C=C/c3ccccc3)n2)CC1. The Labute approximate surface area is 124 Å². The summed E-state index contributed by atoms with van der Waals surface area (Å²) in [7, 11) is 0. The van der Waals surface area contributed by atoms with E-state index in [0.717, 1.165) is 37.3 Å². The number of anilines is 1. The summed E-state index contributed by atoms with van der Waals surface area (Å²) in [6.45, 7) is 1.69. The first-order valence-corrected chi connectivity index (χ1v) is 7.30. The van der Waals surface area contributed by atoms with E-state index in [1.807, 2.05) is 48.6 Å². The molecule has 1 aliphatic heterocycles. The maximum atomic E-state index is 9.57. The van der Waals surface area contributed by atoms with Crippen molar-refractivity contribution < 1.29 is 5.11 Å². The number of rotatable bonds is 3. The number of hydrogen-bond acceptors (Lipinski definition) is 4. The first-order chi connectivity index (χ1) is 10.3. The summed E-state index contributed by atoms with van der Waals surface area (Å²) in [4.78, 5) is 11.1. The van der Waals surface area contributed by atoms with Crippen LogP contribution in [-0.4, -0.2) is 34.3 Å². The van der Waals surface area contributed by atoms with Gasteiger partial charge in [0, 0.05) is 19.3 Å². The average molecular weight is 281 g/mol. The van der Waals surface area contributed by atoms with Crippen LogP contribution in [0.5, 0.6) is 0 Å². The van der Waals surface area contributed by atoms with Crippen LogP contribution < -0.4 is 4.90 Å². The number of piperidine rings is 1. The molecule has 2 heterocycles. The fourth-order valence-electron chi connectivity index (χ4n) is 2.45. The highest BCUT2D eigenvalue weighted by Crippen LogP contribution is 2.18. The van der Waals surface area contributed by atoms with E-state index in [2.05, 4.69) is 14.9 Å². The highest BCUT2D eigenvalue weighted by Gasteiger charge is 2.18. The van der Waals surface area contributed by atoms with Gasteiger partial charge in [-0.05, 0) is 30.5 Å². The maximum absolute atomic E-state index is 9.57. The van der Waals surface area contributed by atoms with E-state index < -0.39 is 0 Å². The Kier molecular flexibility index (Phi) is 4.26. The van der Waals surface area contributed by atoms with Gasteiger partial charge in [0.2, 0.25) is 0 Å². The number of aromatic nitrogens is 2. The first-order valence-electron chi connectivity index (χ1n) is 7.30. The highest BCUT2D eigenvalue weighted by atomic mass is 16.3. The van der Waals surface area contributed by atoms with Gasteiger partial charge in [-0.2, -0.15) is 0 Å². The number of nitrogens with zero attached hydrogens (tertiary/aromatic N) is 3. The molecule has 0 bridgehead atoms. The topological polar surface area (TPSA) is 49.2 Å². The van der Waals surface area contributed by atoms with Crippen LogP contribution >= 0.6 is 0 Å². The standard InChI is InChI=1S/C17H19N3O/c21-15-9-12-20(13-10-15)17-8-11-18-16(19-17)7-6-14-4-2-1-3-5-14/h1-8,11,15,21H,9-10,12-13H2/b7-6+. The van der Waals surface area contributed by atoms with E-state index in [1.165, 1.54) is 0 Å². The van der Waals surface area contributed by atoms with Crippen molar-refractivity contribution in [1.82, 2.24) is 9.97 Å². The number of aliphatic hydroxyl groups is 1. The summed E-state index contributed by atoms with van der Waals surface area (Å²) >= 11 is 0. The Morgan fingerprint density at radius 1 is 1.05 bits per heavy atom. The third-order valence-corrected chi connectivity index (χ3v) is 3.67. The number of hydrogen-bond donors (Lipinski definition) is 1. The van der Waals surface area contributed by atoms with Crippen LogP contribution in [-0.2, 0) is 0 Å². The monoisotopic (exact) mass is 281 g/mol. The predicted molar refractivity (Wildman–Crippen MR) is 84.9 cm³/mol. The van der Waals surface area contributed by atoms with Crippen LogP contribution in [0.2, 0.25) is 0 Å². The molecule has 2 aromatic rings. The van der Waals surface area contributed by atoms with E-state index in [-0.39, 0.29) is 6.10 Å². The summed E-state index contributed by atoms with van der Waals surface area (Å²) in [5, 5.41) is 9.57. The molecule has 3 rings (SSSR count). The number of benzene rings is 1. The molecular formula is C17H19N3O. The fraction of sp³-hybridized carbons (Fsp3) is 0.294. The van der Waals surface area contributed by atoms with Crippen molar-refractivity contribution >= 4 is 18.0 Å². The average Bonchev–Trinajstić information content (AvgIpc) is 2.55. The van der Waals surface area contributed by atoms with Crippen molar-refractivity contribution in [3.8, 4) is 0 Å². The predicted octanol–water partition coefficient (Wildman–Crippen LogP) is 2.61. The minimum Gasteiger partial charge on any atom is -0.393 e. The summed E-state index contributed by atoms with van der Waals surface area (Å²) in [6, 6.07) is 12.0. The van der Waals surface area contributed by atoms with Gasteiger partial charge >= 0.3 is 0 Å². The summed E-state index contributed by atoms with van der Waals surface area (Å²) in [5.41, 5.74) is 1.13. The van der Waals surface area contributed by atoms with Gasteiger partial charge in [-0.1, -0.05) is 36.4 Å². The second-order valence-electron chi connectivity index (χ2n) is 5.24. The van der Waals surface area contributed by atoms with Crippen molar-refractivity contribution in [2.75, 3.05) is 18.0 Å². The van der Waals surface area contributed by atoms with Crippen molar-refractivity contribution in [2.24, 2.45) is 0 Å². The van der Waals surface area contributed by atoms with Gasteiger partial charge < -0.3 is 10.0 Å². The van der Waals surface area contributed by atoms with E-state index >= 15 is 0 Å². The normalized spacial score (nSPS) is 16.5. The van der Waals surface area contributed by atoms with E-state index in [9.17, 15) is 5.11 Å². The van der Waals surface area contributed by atoms with E-state index in [0.29, 0.717) is 5.82 Å². The van der Waals surface area contributed by atoms with Crippen molar-refractivity contribution in [2.45, 2.75) is 18.9 Å². The molecule has 0 radical (unpaired) electrons. The molecule has 1 saturated heterocycles. The molecule has 0 unspecified atom stereocenters. The molecule has 0 atom stereocenters. The zero-order valence-corrected chi connectivity index (χ0v) is 11.9. The second-order valence-corrected chi connectivity index (χ2v) is 5.24. The molecule has 0 amide bonds. The van der Waals surface area contributed by atoms with Crippen molar-refractivity contribution in [3.63, 3.8) is 0 Å². The lowest BCUT2D eigenvalue weighted by Crippen LogP contribution is -2.36. The molecule has 1 aromatic heterocycles. The number of aliphatic hydroxyl groups excluding tert-OH is 1. The molecule has 108 valence electrons. The lowest BCUT2D eigenvalue weighted by molar-refractivity contribution is 0.145. The van der Waals surface area contributed by atoms with Gasteiger partial charge in [0.15, 0.2) is 5.82 Å². The molecule has 0 saturated carbocycles. The van der Waals surface area contributed by atoms with Gasteiger partial charge in [-0.15, -0.1) is 0 Å². The Morgan fingerprint density at radius 2 is 1.81 bits per heavy atom. The van der Waals surface area contributed by atoms with E-state index in [4.69, 9.17) is 0 Å². The van der Waals surface area contributed by atoms with Gasteiger partial charge in [-0.3, -0.25) is 0 Å². The van der Waals surface area contributed by atoms with Gasteiger partial charge in [-0.25, -0.2) is 9.97 Å². The zero-order chi connectivity index (χ0) is 14.5. The lowest BCUT2D eigenvalue weighted by atomic mass is 10.1. The summed E-state index contributed by atoms with van der Waals surface area (Å²) < 4.78 is 0. The fourth-order valence-corrected chi connectivity index (χ4v) is 2.45. The molecule has 1 fully saturated rings. The van der Waals surface area contributed by atoms with E-state index in [1.54, 1.807) is 6.20 Å². The minimum absolute atomic E-state index is 0.166. The van der Waals surface area contributed by atoms with Gasteiger partial charge in [0.1, 0.15) is 5.82 Å². The molecule has 1 aliphatic rings. The zero-order valence-electron chi connectivity index (χ0n) is 11.9. The van der Waals surface area contributed by atoms with Crippen molar-refractivity contribution in [3.05, 3.63) is 54.0 Å². The highest BCUT2D eigenvalue weighted by molar-refractivity contribution is 5.66. The first kappa shape index (κ1) is 13.8. The smallest absolute Gasteiger partial charge is 0.154 e. The molecule has 1 N–H and O–H groups in total. The summed E-state index contributed by atoms with van der Waals surface area (Å²) in [5.74, 6) is 1.65. The second kappa shape index (κ2) is 6.50. The molecule has 4 heteroatoms. The van der Waals surface area contributed by atoms with Crippen molar-refractivity contribution in [1.29, 1.82) is 0 Å². The van der Waals surface area contributed by atoms with Crippen LogP contribution in [0.3, 0.4) is 0 Å². The minimum atomic E-state index is -0.166. The Bertz CT molecular complexity index is 604. The quantitative estimate of drug-likeness (QED) is 0.939. The Balaban J connectivity index is 1.73. The lowest BCUT2D eigenvalue weighted by Gasteiger charge is -2.30. The molecule has 1 aromatic carbocycles. The maximum Gasteiger partial charge on any atom is 0.154 e. The van der Waals surface area contributed by atoms with Crippen LogP contribution in [0.25, 0.3) is 12.2 Å². The van der Waals surface area contributed by atoms with Crippen LogP contribution in [0.4, 0.5) is 5.82 Å². The largest absolute Gasteiger partial charge is 0.393 e. The molecule has 0 spiro atoms. The van der Waals surface area contributed by atoms with Crippen LogP contribution in [0.1, 0.15) is 24.2 Å². The third kappa shape index (κ3) is 3.67. The summed E-state index contributed by atoms with van der Waals surface area (Å²) in [6.07, 6.45) is 7.17. The third-order valence-electron chi connectivity index (χ3n) is 3.67. The van der Waals surface area contributed by atoms with Gasteiger partial charge in [0.05, 0.1) is 6.10 Å². The van der Waals surface area contributed by atoms with Crippen LogP contribution in [0.15, 0.2) is 42.6 Å². The molecule has 4 nitrogen and oxygen atoms in total. The molecule has 0 aliphatic carbocycles. The van der Waals surface area contributed by atoms with Gasteiger partial charge in [0.25, 0.3) is 0 Å².